The topological polar surface area (TPSA) is 66.5 Å². The summed E-state index contributed by atoms with van der Waals surface area (Å²) in [5, 5.41) is 2.61. The first-order valence-corrected chi connectivity index (χ1v) is 9.89. The van der Waals surface area contributed by atoms with E-state index in [1.807, 2.05) is 0 Å². The number of anilines is 1. The number of amides is 1. The van der Waals surface area contributed by atoms with Gasteiger partial charge in [0.25, 0.3) is 5.91 Å². The van der Waals surface area contributed by atoms with Crippen LogP contribution in [0.3, 0.4) is 0 Å². The zero-order valence-electron chi connectivity index (χ0n) is 13.8. The highest BCUT2D eigenvalue weighted by Gasteiger charge is 2.25. The van der Waals surface area contributed by atoms with Crippen molar-refractivity contribution in [2.24, 2.45) is 0 Å². The minimum absolute atomic E-state index is 0.0305. The second-order valence-corrected chi connectivity index (χ2v) is 7.96. The van der Waals surface area contributed by atoms with Crippen molar-refractivity contribution in [2.75, 3.05) is 18.4 Å². The van der Waals surface area contributed by atoms with Crippen LogP contribution in [-0.2, 0) is 10.0 Å². The van der Waals surface area contributed by atoms with Gasteiger partial charge in [-0.3, -0.25) is 4.79 Å². The molecule has 0 fully saturated rings. The second-order valence-electron chi connectivity index (χ2n) is 5.20. The van der Waals surface area contributed by atoms with Gasteiger partial charge in [0.2, 0.25) is 10.0 Å². The summed E-state index contributed by atoms with van der Waals surface area (Å²) in [6.07, 6.45) is 0. The molecule has 0 aliphatic heterocycles. The Kier molecular flexibility index (Phi) is 6.31. The van der Waals surface area contributed by atoms with E-state index in [-0.39, 0.29) is 10.5 Å². The summed E-state index contributed by atoms with van der Waals surface area (Å²) in [4.78, 5) is 12.4. The lowest BCUT2D eigenvalue weighted by Gasteiger charge is -2.19. The SMILES string of the molecule is CCN(CC)S(=O)(=O)c1cc(C(=O)Nc2ccc(F)cc2)ccc1Br. The molecular weight excluding hydrogens is 411 g/mol. The molecule has 5 nitrogen and oxygen atoms in total. The maximum atomic E-state index is 12.9. The van der Waals surface area contributed by atoms with Gasteiger partial charge >= 0.3 is 0 Å². The Balaban J connectivity index is 2.35. The molecule has 0 saturated carbocycles. The third kappa shape index (κ3) is 4.45. The Hall–Kier alpha value is -1.77. The van der Waals surface area contributed by atoms with Crippen LogP contribution in [0, 0.1) is 5.82 Å². The van der Waals surface area contributed by atoms with Crippen molar-refractivity contribution in [3.05, 3.63) is 58.3 Å². The lowest BCUT2D eigenvalue weighted by molar-refractivity contribution is 0.102. The highest BCUT2D eigenvalue weighted by Crippen LogP contribution is 2.26. The number of carbonyl (C=O) groups is 1. The number of halogens is 2. The minimum atomic E-state index is -3.71. The largest absolute Gasteiger partial charge is 0.322 e. The third-order valence-electron chi connectivity index (χ3n) is 3.62. The summed E-state index contributed by atoms with van der Waals surface area (Å²) in [6, 6.07) is 9.69. The average Bonchev–Trinajstić information content (AvgIpc) is 2.58. The van der Waals surface area contributed by atoms with E-state index in [1.165, 1.54) is 46.8 Å². The molecule has 2 aromatic rings. The summed E-state index contributed by atoms with van der Waals surface area (Å²) >= 11 is 3.24. The highest BCUT2D eigenvalue weighted by atomic mass is 79.9. The average molecular weight is 429 g/mol. The van der Waals surface area contributed by atoms with E-state index in [9.17, 15) is 17.6 Å². The molecule has 134 valence electrons. The zero-order valence-corrected chi connectivity index (χ0v) is 16.2. The standard InChI is InChI=1S/C17H18BrFN2O3S/c1-3-21(4-2)25(23,24)16-11-12(5-10-15(16)18)17(22)20-14-8-6-13(19)7-9-14/h5-11H,3-4H2,1-2H3,(H,20,22). The van der Waals surface area contributed by atoms with Crippen LogP contribution in [0.2, 0.25) is 0 Å². The van der Waals surface area contributed by atoms with Gasteiger partial charge in [-0.15, -0.1) is 0 Å². The first-order valence-electron chi connectivity index (χ1n) is 7.66. The number of benzene rings is 2. The molecule has 1 amide bonds. The molecule has 0 aliphatic carbocycles. The van der Waals surface area contributed by atoms with Crippen molar-refractivity contribution in [1.29, 1.82) is 0 Å². The van der Waals surface area contributed by atoms with Gasteiger partial charge in [0.1, 0.15) is 5.82 Å². The Morgan fingerprint density at radius 1 is 1.12 bits per heavy atom. The van der Waals surface area contributed by atoms with E-state index in [2.05, 4.69) is 21.2 Å². The smallest absolute Gasteiger partial charge is 0.255 e. The zero-order chi connectivity index (χ0) is 18.6. The summed E-state index contributed by atoms with van der Waals surface area (Å²) in [5.74, 6) is -0.885. The van der Waals surface area contributed by atoms with Crippen LogP contribution in [0.5, 0.6) is 0 Å². The minimum Gasteiger partial charge on any atom is -0.322 e. The van der Waals surface area contributed by atoms with Gasteiger partial charge in [-0.2, -0.15) is 4.31 Å². The molecule has 0 spiro atoms. The van der Waals surface area contributed by atoms with Crippen molar-refractivity contribution in [3.8, 4) is 0 Å². The Morgan fingerprint density at radius 3 is 2.28 bits per heavy atom. The van der Waals surface area contributed by atoms with E-state index < -0.39 is 21.7 Å². The molecule has 0 saturated heterocycles. The lowest BCUT2D eigenvalue weighted by Crippen LogP contribution is -2.31. The van der Waals surface area contributed by atoms with E-state index in [4.69, 9.17) is 0 Å². The van der Waals surface area contributed by atoms with Crippen LogP contribution in [0.4, 0.5) is 10.1 Å². The fourth-order valence-electron chi connectivity index (χ4n) is 2.28. The molecule has 0 bridgehead atoms. The maximum Gasteiger partial charge on any atom is 0.255 e. The van der Waals surface area contributed by atoms with Crippen LogP contribution in [0.1, 0.15) is 24.2 Å². The van der Waals surface area contributed by atoms with Crippen LogP contribution < -0.4 is 5.32 Å². The van der Waals surface area contributed by atoms with Crippen molar-refractivity contribution < 1.29 is 17.6 Å². The quantitative estimate of drug-likeness (QED) is 0.758. The molecule has 0 atom stereocenters. The molecular formula is C17H18BrFN2O3S. The first-order chi connectivity index (χ1) is 11.8. The van der Waals surface area contributed by atoms with E-state index in [0.717, 1.165) is 0 Å². The molecule has 2 aromatic carbocycles. The van der Waals surface area contributed by atoms with E-state index in [1.54, 1.807) is 13.8 Å². The summed E-state index contributed by atoms with van der Waals surface area (Å²) in [6.45, 7) is 4.16. The monoisotopic (exact) mass is 428 g/mol. The Morgan fingerprint density at radius 2 is 1.72 bits per heavy atom. The van der Waals surface area contributed by atoms with Crippen LogP contribution in [-0.4, -0.2) is 31.7 Å². The van der Waals surface area contributed by atoms with Crippen molar-refractivity contribution >= 4 is 37.5 Å². The molecule has 0 aromatic heterocycles. The highest BCUT2D eigenvalue weighted by molar-refractivity contribution is 9.10. The number of hydrogen-bond donors (Lipinski definition) is 1. The summed E-state index contributed by atoms with van der Waals surface area (Å²) in [5.41, 5.74) is 0.612. The number of hydrogen-bond acceptors (Lipinski definition) is 3. The van der Waals surface area contributed by atoms with Crippen LogP contribution in [0.15, 0.2) is 51.8 Å². The predicted molar refractivity (Wildman–Crippen MR) is 98.6 cm³/mol. The molecule has 8 heteroatoms. The van der Waals surface area contributed by atoms with Gasteiger partial charge in [-0.05, 0) is 58.4 Å². The van der Waals surface area contributed by atoms with Gasteiger partial charge in [-0.25, -0.2) is 12.8 Å². The summed E-state index contributed by atoms with van der Waals surface area (Å²) < 4.78 is 40.0. The molecule has 0 heterocycles. The normalized spacial score (nSPS) is 11.6. The molecule has 0 radical (unpaired) electrons. The van der Waals surface area contributed by atoms with Crippen LogP contribution >= 0.6 is 15.9 Å². The molecule has 0 aliphatic rings. The Labute approximate surface area is 155 Å². The lowest BCUT2D eigenvalue weighted by atomic mass is 10.2. The van der Waals surface area contributed by atoms with Gasteiger partial charge in [0.05, 0.1) is 4.90 Å². The molecule has 1 N–H and O–H groups in total. The second kappa shape index (κ2) is 8.07. The molecule has 25 heavy (non-hydrogen) atoms. The number of carbonyl (C=O) groups excluding carboxylic acids is 1. The van der Waals surface area contributed by atoms with Crippen molar-refractivity contribution in [1.82, 2.24) is 4.31 Å². The predicted octanol–water partition coefficient (Wildman–Crippen LogP) is 3.87. The maximum absolute atomic E-state index is 12.9. The first kappa shape index (κ1) is 19.6. The van der Waals surface area contributed by atoms with Crippen LogP contribution in [0.25, 0.3) is 0 Å². The van der Waals surface area contributed by atoms with Gasteiger partial charge < -0.3 is 5.32 Å². The van der Waals surface area contributed by atoms with Gasteiger partial charge in [0.15, 0.2) is 0 Å². The van der Waals surface area contributed by atoms with Crippen molar-refractivity contribution in [3.63, 3.8) is 0 Å². The fraction of sp³-hybridized carbons (Fsp3) is 0.235. The van der Waals surface area contributed by atoms with E-state index in [0.29, 0.717) is 23.2 Å². The fourth-order valence-corrected chi connectivity index (χ4v) is 4.69. The Bertz CT molecular complexity index is 866. The summed E-state index contributed by atoms with van der Waals surface area (Å²) in [7, 11) is -3.71. The molecule has 2 rings (SSSR count). The van der Waals surface area contributed by atoms with Gasteiger partial charge in [-0.1, -0.05) is 13.8 Å². The van der Waals surface area contributed by atoms with E-state index >= 15 is 0 Å². The number of nitrogens with zero attached hydrogens (tertiary/aromatic N) is 1. The van der Waals surface area contributed by atoms with Gasteiger partial charge in [0, 0.05) is 28.8 Å². The number of sulfonamides is 1. The third-order valence-corrected chi connectivity index (χ3v) is 6.66. The molecule has 0 unspecified atom stereocenters. The van der Waals surface area contributed by atoms with Crippen molar-refractivity contribution in [2.45, 2.75) is 18.7 Å². The number of rotatable bonds is 6. The number of nitrogens with one attached hydrogen (secondary N) is 1.